The summed E-state index contributed by atoms with van der Waals surface area (Å²) in [6.07, 6.45) is 4.20. The molecular formula is C13H26NOY-. The summed E-state index contributed by atoms with van der Waals surface area (Å²) in [5.74, 6) is 1.50. The number of hydrogen-bond donors (Lipinski definition) is 0. The van der Waals surface area contributed by atoms with Crippen LogP contribution in [0.3, 0.4) is 0 Å². The summed E-state index contributed by atoms with van der Waals surface area (Å²) in [6.45, 7) is 14.3. The zero-order valence-corrected chi connectivity index (χ0v) is 14.8. The summed E-state index contributed by atoms with van der Waals surface area (Å²) < 4.78 is 1.18. The first-order valence-electron chi connectivity index (χ1n) is 5.74. The fraction of sp³-hybridized carbons (Fsp3) is 0.846. The van der Waals surface area contributed by atoms with E-state index in [9.17, 15) is 4.91 Å². The zero-order chi connectivity index (χ0) is 12.3. The zero-order valence-electron chi connectivity index (χ0n) is 11.9. The minimum absolute atomic E-state index is 0. The maximum atomic E-state index is 11.4. The molecule has 1 radical (unpaired) electrons. The van der Waals surface area contributed by atoms with Crippen molar-refractivity contribution >= 4 is 0 Å². The van der Waals surface area contributed by atoms with Crippen LogP contribution >= 0.6 is 0 Å². The first kappa shape index (κ1) is 19.1. The van der Waals surface area contributed by atoms with Crippen molar-refractivity contribution in [2.75, 3.05) is 0 Å². The van der Waals surface area contributed by atoms with Gasteiger partial charge in [0.2, 0.25) is 0 Å². The second-order valence-electron chi connectivity index (χ2n) is 5.73. The van der Waals surface area contributed by atoms with Crippen LogP contribution in [0.25, 0.3) is 0 Å². The molecule has 0 aromatic carbocycles. The summed E-state index contributed by atoms with van der Waals surface area (Å²) in [5.41, 5.74) is -0.451. The fourth-order valence-electron chi connectivity index (χ4n) is 1.45. The van der Waals surface area contributed by atoms with E-state index in [1.807, 2.05) is 27.7 Å². The minimum atomic E-state index is -0.260. The molecule has 1 aliphatic heterocycles. The molecule has 1 heterocycles. The molecule has 0 atom stereocenters. The van der Waals surface area contributed by atoms with Crippen molar-refractivity contribution in [3.8, 4) is 0 Å². The molecule has 1 saturated heterocycles. The molecule has 0 amide bonds. The van der Waals surface area contributed by atoms with Crippen LogP contribution in [-0.2, 0) is 32.7 Å². The van der Waals surface area contributed by atoms with Gasteiger partial charge in [-0.15, -0.1) is 6.42 Å². The van der Waals surface area contributed by atoms with Crippen LogP contribution in [0.4, 0.5) is 0 Å². The maximum absolute atomic E-state index is 11.4. The van der Waals surface area contributed by atoms with Gasteiger partial charge in [-0.1, -0.05) is 6.92 Å². The van der Waals surface area contributed by atoms with Gasteiger partial charge in [0.05, 0.1) is 5.54 Å². The quantitative estimate of drug-likeness (QED) is 0.530. The molecule has 1 aliphatic rings. The fourth-order valence-corrected chi connectivity index (χ4v) is 1.45. The summed E-state index contributed by atoms with van der Waals surface area (Å²) >= 11 is 0. The van der Waals surface area contributed by atoms with Crippen LogP contribution in [0, 0.1) is 17.2 Å². The number of rotatable bonds is 1. The summed E-state index contributed by atoms with van der Waals surface area (Å²) in [5, 5.41) is 0. The van der Waals surface area contributed by atoms with Gasteiger partial charge in [-0.05, 0) is 18.6 Å². The third-order valence-corrected chi connectivity index (χ3v) is 2.88. The molecule has 0 unspecified atom stereocenters. The topological polar surface area (TPSA) is 20.1 Å². The Bertz CT molecular complexity index is 204. The van der Waals surface area contributed by atoms with Gasteiger partial charge < -0.3 is 5.92 Å². The molecule has 0 N–H and O–H groups in total. The predicted octanol–water partition coefficient (Wildman–Crippen LogP) is 3.94. The SMILES string of the molecule is CC1(C)[CH-]CC(C)(C)[N+]1=O.CC[C-](C)C.[Y]. The summed E-state index contributed by atoms with van der Waals surface area (Å²) in [6, 6.07) is 0. The van der Waals surface area contributed by atoms with Crippen LogP contribution in [0.5, 0.6) is 0 Å². The van der Waals surface area contributed by atoms with E-state index in [1.54, 1.807) is 0 Å². The molecule has 0 spiro atoms. The molecular weight excluding hydrogens is 275 g/mol. The van der Waals surface area contributed by atoms with Crippen molar-refractivity contribution in [3.63, 3.8) is 0 Å². The van der Waals surface area contributed by atoms with Gasteiger partial charge in [-0.2, -0.15) is 20.3 Å². The van der Waals surface area contributed by atoms with Crippen molar-refractivity contribution in [1.29, 1.82) is 0 Å². The van der Waals surface area contributed by atoms with E-state index in [4.69, 9.17) is 0 Å². The normalized spacial score (nSPS) is 21.1. The molecule has 0 saturated carbocycles. The second kappa shape index (κ2) is 7.21. The van der Waals surface area contributed by atoms with Gasteiger partial charge in [-0.25, -0.2) is 6.42 Å². The number of hydrogen-bond acceptors (Lipinski definition) is 1. The van der Waals surface area contributed by atoms with Crippen molar-refractivity contribution in [3.05, 3.63) is 17.2 Å². The van der Waals surface area contributed by atoms with Gasteiger partial charge in [0, 0.05) is 51.5 Å². The first-order chi connectivity index (χ1) is 6.63. The van der Waals surface area contributed by atoms with Crippen LogP contribution in [0.2, 0.25) is 0 Å². The van der Waals surface area contributed by atoms with E-state index in [-0.39, 0.29) is 43.8 Å². The summed E-state index contributed by atoms with van der Waals surface area (Å²) in [7, 11) is 0. The third-order valence-electron chi connectivity index (χ3n) is 2.88. The Morgan fingerprint density at radius 1 is 1.25 bits per heavy atom. The van der Waals surface area contributed by atoms with Gasteiger partial charge in [0.15, 0.2) is 5.54 Å². The van der Waals surface area contributed by atoms with Crippen molar-refractivity contribution in [2.24, 2.45) is 0 Å². The van der Waals surface area contributed by atoms with E-state index in [2.05, 4.69) is 27.2 Å². The van der Waals surface area contributed by atoms with Crippen LogP contribution < -0.4 is 0 Å². The standard InChI is InChI=1S/C8H15NO.C5H11.Y/c1-7(2)5-6-8(3,4)9(7)10;1-4-5(2)3;/h5H,6H2,1-4H3;4H2,1-3H3;/q;-1;. The van der Waals surface area contributed by atoms with E-state index < -0.39 is 0 Å². The van der Waals surface area contributed by atoms with Crippen LogP contribution in [-0.4, -0.2) is 15.8 Å². The molecule has 1 rings (SSSR count). The number of nitroso groups, excluding NO2 is 1. The monoisotopic (exact) mass is 301 g/mol. The van der Waals surface area contributed by atoms with Gasteiger partial charge in [0.1, 0.15) is 0 Å². The van der Waals surface area contributed by atoms with E-state index in [0.29, 0.717) is 0 Å². The van der Waals surface area contributed by atoms with Crippen LogP contribution in [0.1, 0.15) is 61.3 Å². The average molecular weight is 301 g/mol. The number of nitrogens with zero attached hydrogens (tertiary/aromatic N) is 1. The Kier molecular flexibility index (Phi) is 8.58. The Morgan fingerprint density at radius 2 is 1.62 bits per heavy atom. The maximum Gasteiger partial charge on any atom is 0.176 e. The second-order valence-corrected chi connectivity index (χ2v) is 5.73. The predicted molar refractivity (Wildman–Crippen MR) is 65.6 cm³/mol. The molecule has 0 aliphatic carbocycles. The molecule has 3 heteroatoms. The molecule has 0 aromatic rings. The molecule has 2 nitrogen and oxygen atoms in total. The Labute approximate surface area is 126 Å². The van der Waals surface area contributed by atoms with Crippen molar-refractivity contribution < 1.29 is 37.5 Å². The minimum Gasteiger partial charge on any atom is -0.320 e. The van der Waals surface area contributed by atoms with E-state index >= 15 is 0 Å². The average Bonchev–Trinajstić information content (AvgIpc) is 2.31. The van der Waals surface area contributed by atoms with E-state index in [1.165, 1.54) is 17.1 Å². The van der Waals surface area contributed by atoms with Crippen molar-refractivity contribution in [1.82, 2.24) is 0 Å². The van der Waals surface area contributed by atoms with Gasteiger partial charge in [0.25, 0.3) is 0 Å². The molecule has 0 aromatic heterocycles. The van der Waals surface area contributed by atoms with Crippen molar-refractivity contribution in [2.45, 2.75) is 72.4 Å². The Hall–Kier alpha value is 0.704. The van der Waals surface area contributed by atoms with Gasteiger partial charge in [-0.3, -0.25) is 0 Å². The Morgan fingerprint density at radius 3 is 1.69 bits per heavy atom. The molecule has 16 heavy (non-hydrogen) atoms. The third kappa shape index (κ3) is 5.86. The Balaban J connectivity index is 0. The summed E-state index contributed by atoms with van der Waals surface area (Å²) in [4.78, 5) is 11.4. The van der Waals surface area contributed by atoms with Gasteiger partial charge >= 0.3 is 0 Å². The molecule has 0 bridgehead atoms. The largest absolute Gasteiger partial charge is 0.320 e. The molecule has 1 fully saturated rings. The van der Waals surface area contributed by atoms with Crippen LogP contribution in [0.15, 0.2) is 0 Å². The smallest absolute Gasteiger partial charge is 0.176 e. The first-order valence-corrected chi connectivity index (χ1v) is 5.74. The molecule has 93 valence electrons. The van der Waals surface area contributed by atoms with E-state index in [0.717, 1.165) is 6.42 Å².